The fourth-order valence-corrected chi connectivity index (χ4v) is 4.11. The quantitative estimate of drug-likeness (QED) is 0.238. The van der Waals surface area contributed by atoms with E-state index < -0.39 is 10.8 Å². The summed E-state index contributed by atoms with van der Waals surface area (Å²) in [5.74, 6) is -0.600. The first-order valence-electron chi connectivity index (χ1n) is 9.39. The van der Waals surface area contributed by atoms with E-state index in [-0.39, 0.29) is 11.7 Å². The zero-order chi connectivity index (χ0) is 22.1. The predicted octanol–water partition coefficient (Wildman–Crippen LogP) is 5.40. The minimum Gasteiger partial charge on any atom is -0.400 e. The summed E-state index contributed by atoms with van der Waals surface area (Å²) in [5.41, 5.74) is 4.19. The smallest absolute Gasteiger partial charge is 0.400 e. The molecule has 2 aromatic carbocycles. The highest BCUT2D eigenvalue weighted by Crippen LogP contribution is 2.31. The van der Waals surface area contributed by atoms with Gasteiger partial charge in [0.15, 0.2) is 5.76 Å². The van der Waals surface area contributed by atoms with Crippen molar-refractivity contribution in [3.8, 4) is 0 Å². The molecule has 0 radical (unpaired) electrons. The Hall–Kier alpha value is -3.85. The van der Waals surface area contributed by atoms with Gasteiger partial charge in [0.05, 0.1) is 22.5 Å². The molecule has 0 aliphatic rings. The molecule has 0 unspecified atom stereocenters. The normalized spacial score (nSPS) is 11.3. The van der Waals surface area contributed by atoms with Crippen molar-refractivity contribution in [3.05, 3.63) is 86.7 Å². The van der Waals surface area contributed by atoms with Gasteiger partial charge in [0, 0.05) is 5.56 Å². The molecule has 4 aromatic rings. The Bertz CT molecular complexity index is 1340. The van der Waals surface area contributed by atoms with Crippen LogP contribution in [0.15, 0.2) is 58.0 Å². The molecule has 0 saturated carbocycles. The van der Waals surface area contributed by atoms with Crippen molar-refractivity contribution in [2.24, 2.45) is 5.10 Å². The highest BCUT2D eigenvalue weighted by atomic mass is 32.1. The van der Waals surface area contributed by atoms with Crippen LogP contribution in [-0.2, 0) is 0 Å². The number of thiazole rings is 1. The van der Waals surface area contributed by atoms with Crippen LogP contribution in [0.5, 0.6) is 0 Å². The lowest BCUT2D eigenvalue weighted by Crippen LogP contribution is -2.26. The van der Waals surface area contributed by atoms with Crippen molar-refractivity contribution in [3.63, 3.8) is 0 Å². The Morgan fingerprint density at radius 1 is 1.13 bits per heavy atom. The van der Waals surface area contributed by atoms with Crippen LogP contribution < -0.4 is 5.01 Å². The fraction of sp³-hybridized carbons (Fsp3) is 0.136. The summed E-state index contributed by atoms with van der Waals surface area (Å²) < 4.78 is 6.06. The van der Waals surface area contributed by atoms with Gasteiger partial charge >= 0.3 is 5.88 Å². The summed E-state index contributed by atoms with van der Waals surface area (Å²) >= 11 is 1.34. The SMILES string of the molecule is Cc1ccc(C(=O)N(/N=C/c2ccc([N+](=O)[O-])o2)c2nc3ccc(C)cc3s2)c(C)c1. The second kappa shape index (κ2) is 8.11. The zero-order valence-corrected chi connectivity index (χ0v) is 17.8. The lowest BCUT2D eigenvalue weighted by atomic mass is 10.1. The number of aryl methyl sites for hydroxylation is 3. The number of hydrazone groups is 1. The van der Waals surface area contributed by atoms with Crippen LogP contribution >= 0.6 is 11.3 Å². The molecule has 1 amide bonds. The van der Waals surface area contributed by atoms with E-state index in [4.69, 9.17) is 4.42 Å². The Balaban J connectivity index is 1.77. The predicted molar refractivity (Wildman–Crippen MR) is 120 cm³/mol. The van der Waals surface area contributed by atoms with Crippen LogP contribution in [0.4, 0.5) is 11.0 Å². The van der Waals surface area contributed by atoms with Crippen LogP contribution in [0, 0.1) is 30.9 Å². The molecule has 156 valence electrons. The standard InChI is InChI=1S/C22H18N4O4S/c1-13-4-7-17(15(3)10-13)21(27)25(23-12-16-6-9-20(30-16)26(28)29)22-24-18-8-5-14(2)11-19(18)31-22/h4-12H,1-3H3/b23-12+. The number of fused-ring (bicyclic) bond motifs is 1. The molecular weight excluding hydrogens is 416 g/mol. The first-order chi connectivity index (χ1) is 14.8. The number of carbonyl (C=O) groups is 1. The molecule has 0 aliphatic carbocycles. The molecule has 0 atom stereocenters. The number of carbonyl (C=O) groups excluding carboxylic acids is 1. The minimum atomic E-state index is -0.633. The third-order valence-corrected chi connectivity index (χ3v) is 5.61. The number of amides is 1. The van der Waals surface area contributed by atoms with E-state index in [1.807, 2.05) is 51.1 Å². The maximum Gasteiger partial charge on any atom is 0.433 e. The van der Waals surface area contributed by atoms with Crippen LogP contribution in [0.1, 0.15) is 32.8 Å². The number of benzene rings is 2. The third kappa shape index (κ3) is 4.22. The van der Waals surface area contributed by atoms with Crippen molar-refractivity contribution in [1.29, 1.82) is 0 Å². The van der Waals surface area contributed by atoms with E-state index in [0.29, 0.717) is 10.7 Å². The Morgan fingerprint density at radius 3 is 2.58 bits per heavy atom. The van der Waals surface area contributed by atoms with Gasteiger partial charge in [-0.25, -0.2) is 4.98 Å². The van der Waals surface area contributed by atoms with E-state index in [2.05, 4.69) is 10.1 Å². The minimum absolute atomic E-state index is 0.155. The molecule has 0 spiro atoms. The van der Waals surface area contributed by atoms with Gasteiger partial charge in [-0.05, 0) is 56.2 Å². The largest absolute Gasteiger partial charge is 0.433 e. The maximum atomic E-state index is 13.4. The van der Waals surface area contributed by atoms with Crippen molar-refractivity contribution < 1.29 is 14.1 Å². The van der Waals surface area contributed by atoms with E-state index in [0.717, 1.165) is 26.9 Å². The number of hydrogen-bond acceptors (Lipinski definition) is 7. The molecule has 31 heavy (non-hydrogen) atoms. The van der Waals surface area contributed by atoms with Crippen molar-refractivity contribution in [2.75, 3.05) is 5.01 Å². The van der Waals surface area contributed by atoms with E-state index in [9.17, 15) is 14.9 Å². The van der Waals surface area contributed by atoms with Crippen LogP contribution in [0.3, 0.4) is 0 Å². The van der Waals surface area contributed by atoms with Gasteiger partial charge in [0.2, 0.25) is 5.13 Å². The molecule has 0 bridgehead atoms. The lowest BCUT2D eigenvalue weighted by molar-refractivity contribution is -0.402. The molecule has 0 fully saturated rings. The third-order valence-electron chi connectivity index (χ3n) is 4.61. The second-order valence-corrected chi connectivity index (χ2v) is 8.09. The fourth-order valence-electron chi connectivity index (χ4n) is 3.09. The van der Waals surface area contributed by atoms with Crippen LogP contribution in [0.2, 0.25) is 0 Å². The summed E-state index contributed by atoms with van der Waals surface area (Å²) in [4.78, 5) is 28.2. The number of hydrogen-bond donors (Lipinski definition) is 0. The van der Waals surface area contributed by atoms with E-state index in [1.165, 1.54) is 34.7 Å². The van der Waals surface area contributed by atoms with E-state index >= 15 is 0 Å². The monoisotopic (exact) mass is 434 g/mol. The molecule has 9 heteroatoms. The summed E-state index contributed by atoms with van der Waals surface area (Å²) in [6.45, 7) is 5.80. The van der Waals surface area contributed by atoms with Gasteiger partial charge in [-0.1, -0.05) is 35.1 Å². The number of aromatic nitrogens is 1. The van der Waals surface area contributed by atoms with Gasteiger partial charge in [-0.2, -0.15) is 10.1 Å². The first-order valence-corrected chi connectivity index (χ1v) is 10.2. The number of nitro groups is 1. The molecule has 0 N–H and O–H groups in total. The van der Waals surface area contributed by atoms with Crippen molar-refractivity contribution in [1.82, 2.24) is 4.98 Å². The molecule has 0 saturated heterocycles. The topological polar surface area (TPSA) is 102 Å². The Kier molecular flexibility index (Phi) is 5.35. The first kappa shape index (κ1) is 20.4. The molecule has 2 aromatic heterocycles. The summed E-state index contributed by atoms with van der Waals surface area (Å²) in [7, 11) is 0. The van der Waals surface area contributed by atoms with Crippen LogP contribution in [-0.4, -0.2) is 22.0 Å². The number of nitrogens with zero attached hydrogens (tertiary/aromatic N) is 4. The molecule has 4 rings (SSSR count). The highest BCUT2D eigenvalue weighted by Gasteiger charge is 2.23. The maximum absolute atomic E-state index is 13.4. The van der Waals surface area contributed by atoms with Gasteiger partial charge in [0.25, 0.3) is 5.91 Å². The van der Waals surface area contributed by atoms with E-state index in [1.54, 1.807) is 6.07 Å². The number of rotatable bonds is 5. The average molecular weight is 434 g/mol. The average Bonchev–Trinajstić information content (AvgIpc) is 3.35. The summed E-state index contributed by atoms with van der Waals surface area (Å²) in [5, 5.41) is 16.7. The summed E-state index contributed by atoms with van der Waals surface area (Å²) in [6, 6.07) is 14.0. The number of furan rings is 1. The molecule has 0 aliphatic heterocycles. The van der Waals surface area contributed by atoms with Crippen molar-refractivity contribution >= 4 is 44.7 Å². The lowest BCUT2D eigenvalue weighted by Gasteiger charge is -2.15. The summed E-state index contributed by atoms with van der Waals surface area (Å²) in [6.07, 6.45) is 1.27. The second-order valence-electron chi connectivity index (χ2n) is 7.08. The Morgan fingerprint density at radius 2 is 1.87 bits per heavy atom. The van der Waals surface area contributed by atoms with Gasteiger partial charge in [-0.15, -0.1) is 0 Å². The van der Waals surface area contributed by atoms with Crippen molar-refractivity contribution in [2.45, 2.75) is 20.8 Å². The molecule has 2 heterocycles. The van der Waals surface area contributed by atoms with Gasteiger partial charge < -0.3 is 4.42 Å². The van der Waals surface area contributed by atoms with Gasteiger partial charge in [0.1, 0.15) is 4.92 Å². The Labute approximate surface area is 181 Å². The zero-order valence-electron chi connectivity index (χ0n) is 17.0. The highest BCUT2D eigenvalue weighted by molar-refractivity contribution is 7.22. The molecule has 8 nitrogen and oxygen atoms in total. The van der Waals surface area contributed by atoms with Gasteiger partial charge in [-0.3, -0.25) is 14.9 Å². The van der Waals surface area contributed by atoms with Crippen LogP contribution in [0.25, 0.3) is 10.2 Å². The molecular formula is C22H18N4O4S. The number of anilines is 1.